The highest BCUT2D eigenvalue weighted by Crippen LogP contribution is 2.05. The lowest BCUT2D eigenvalue weighted by Gasteiger charge is -1.86. The predicted octanol–water partition coefficient (Wildman–Crippen LogP) is 1.55. The smallest absolute Gasteiger partial charge is 0.142 e. The summed E-state index contributed by atoms with van der Waals surface area (Å²) in [5.41, 5.74) is 1.67. The molecular formula is C10H8N2O. The number of rotatable bonds is 2. The van der Waals surface area contributed by atoms with Gasteiger partial charge in [0.15, 0.2) is 0 Å². The number of hydrogen-bond donors (Lipinski definition) is 0. The molecular weight excluding hydrogens is 164 g/mol. The van der Waals surface area contributed by atoms with Crippen LogP contribution >= 0.6 is 0 Å². The van der Waals surface area contributed by atoms with E-state index < -0.39 is 0 Å². The average Bonchev–Trinajstić information content (AvgIpc) is 2.57. The third-order valence-electron chi connectivity index (χ3n) is 1.73. The monoisotopic (exact) mass is 172 g/mol. The number of hydrogen-bond acceptors (Lipinski definition) is 2. The molecule has 0 spiro atoms. The van der Waals surface area contributed by atoms with Crippen molar-refractivity contribution in [3.63, 3.8) is 0 Å². The number of carbonyl (C=O) groups is 1. The standard InChI is InChI=1S/C10H8N2O/c13-7-3-4-9-8-12-6-2-1-5-10(12)11-9/h1-8H/b4-3+. The molecule has 0 aliphatic heterocycles. The van der Waals surface area contributed by atoms with E-state index in [2.05, 4.69) is 4.98 Å². The zero-order valence-electron chi connectivity index (χ0n) is 6.92. The lowest BCUT2D eigenvalue weighted by molar-refractivity contribution is -0.104. The number of aromatic nitrogens is 2. The molecule has 3 heteroatoms. The number of fused-ring (bicyclic) bond motifs is 1. The molecule has 0 aromatic carbocycles. The maximum atomic E-state index is 10.1. The third-order valence-corrected chi connectivity index (χ3v) is 1.73. The molecule has 0 saturated heterocycles. The maximum absolute atomic E-state index is 10.1. The van der Waals surface area contributed by atoms with Crippen molar-refractivity contribution in [2.24, 2.45) is 0 Å². The van der Waals surface area contributed by atoms with E-state index in [-0.39, 0.29) is 0 Å². The second-order valence-corrected chi connectivity index (χ2v) is 2.63. The Balaban J connectivity index is 2.49. The molecule has 2 aromatic heterocycles. The van der Waals surface area contributed by atoms with Crippen molar-refractivity contribution in [2.45, 2.75) is 0 Å². The average molecular weight is 172 g/mol. The Bertz CT molecular complexity index is 424. The van der Waals surface area contributed by atoms with Gasteiger partial charge in [0.1, 0.15) is 11.9 Å². The van der Waals surface area contributed by atoms with Crippen LogP contribution in [-0.2, 0) is 4.79 Å². The molecule has 0 aliphatic carbocycles. The van der Waals surface area contributed by atoms with Gasteiger partial charge in [-0.1, -0.05) is 6.07 Å². The minimum Gasteiger partial charge on any atom is -0.306 e. The quantitative estimate of drug-likeness (QED) is 0.508. The van der Waals surface area contributed by atoms with Crippen LogP contribution in [-0.4, -0.2) is 15.7 Å². The van der Waals surface area contributed by atoms with Gasteiger partial charge in [-0.05, 0) is 24.3 Å². The van der Waals surface area contributed by atoms with Crippen LogP contribution in [0.2, 0.25) is 0 Å². The number of imidazole rings is 1. The van der Waals surface area contributed by atoms with Gasteiger partial charge in [-0.15, -0.1) is 0 Å². The van der Waals surface area contributed by atoms with Gasteiger partial charge >= 0.3 is 0 Å². The van der Waals surface area contributed by atoms with Crippen molar-refractivity contribution in [3.8, 4) is 0 Å². The summed E-state index contributed by atoms with van der Waals surface area (Å²) in [6.07, 6.45) is 7.64. The van der Waals surface area contributed by atoms with Crippen LogP contribution in [0, 0.1) is 0 Å². The van der Waals surface area contributed by atoms with E-state index in [0.29, 0.717) is 0 Å². The van der Waals surface area contributed by atoms with Crippen molar-refractivity contribution >= 4 is 18.0 Å². The molecule has 2 aromatic rings. The summed E-state index contributed by atoms with van der Waals surface area (Å²) in [6, 6.07) is 5.77. The van der Waals surface area contributed by atoms with Crippen LogP contribution in [0.5, 0.6) is 0 Å². The number of nitrogens with zero attached hydrogens (tertiary/aromatic N) is 2. The molecule has 0 bridgehead atoms. The van der Waals surface area contributed by atoms with E-state index in [4.69, 9.17) is 0 Å². The van der Waals surface area contributed by atoms with Crippen molar-refractivity contribution in [1.29, 1.82) is 0 Å². The van der Waals surface area contributed by atoms with Crippen LogP contribution in [0.3, 0.4) is 0 Å². The van der Waals surface area contributed by atoms with Gasteiger partial charge in [0.25, 0.3) is 0 Å². The van der Waals surface area contributed by atoms with Gasteiger partial charge in [0.2, 0.25) is 0 Å². The number of allylic oxidation sites excluding steroid dienone is 1. The Morgan fingerprint density at radius 2 is 2.31 bits per heavy atom. The van der Waals surface area contributed by atoms with E-state index in [1.807, 2.05) is 35.0 Å². The van der Waals surface area contributed by atoms with Gasteiger partial charge in [0.05, 0.1) is 5.69 Å². The van der Waals surface area contributed by atoms with Gasteiger partial charge < -0.3 is 4.40 Å². The number of aldehydes is 1. The fraction of sp³-hybridized carbons (Fsp3) is 0. The molecule has 0 fully saturated rings. The molecule has 0 atom stereocenters. The highest BCUT2D eigenvalue weighted by molar-refractivity contribution is 5.73. The lowest BCUT2D eigenvalue weighted by atomic mass is 10.4. The van der Waals surface area contributed by atoms with Crippen LogP contribution in [0.4, 0.5) is 0 Å². The summed E-state index contributed by atoms with van der Waals surface area (Å²) in [5.74, 6) is 0. The number of pyridine rings is 1. The zero-order chi connectivity index (χ0) is 9.10. The molecule has 64 valence electrons. The van der Waals surface area contributed by atoms with Crippen LogP contribution in [0.15, 0.2) is 36.7 Å². The zero-order valence-corrected chi connectivity index (χ0v) is 6.92. The van der Waals surface area contributed by atoms with Gasteiger partial charge in [-0.25, -0.2) is 4.98 Å². The predicted molar refractivity (Wildman–Crippen MR) is 50.3 cm³/mol. The molecule has 0 saturated carbocycles. The van der Waals surface area contributed by atoms with Gasteiger partial charge in [0, 0.05) is 12.4 Å². The molecule has 0 aliphatic rings. The van der Waals surface area contributed by atoms with E-state index in [0.717, 1.165) is 17.6 Å². The Hall–Kier alpha value is -1.90. The maximum Gasteiger partial charge on any atom is 0.142 e. The van der Waals surface area contributed by atoms with Crippen molar-refractivity contribution in [2.75, 3.05) is 0 Å². The van der Waals surface area contributed by atoms with E-state index >= 15 is 0 Å². The molecule has 0 amide bonds. The largest absolute Gasteiger partial charge is 0.306 e. The van der Waals surface area contributed by atoms with Gasteiger partial charge in [-0.2, -0.15) is 0 Å². The number of carbonyl (C=O) groups excluding carboxylic acids is 1. The van der Waals surface area contributed by atoms with Crippen LogP contribution in [0.1, 0.15) is 5.69 Å². The second kappa shape index (κ2) is 3.23. The molecule has 0 unspecified atom stereocenters. The fourth-order valence-electron chi connectivity index (χ4n) is 1.17. The van der Waals surface area contributed by atoms with E-state index in [1.54, 1.807) is 6.08 Å². The second-order valence-electron chi connectivity index (χ2n) is 2.63. The normalized spacial score (nSPS) is 11.1. The summed E-state index contributed by atoms with van der Waals surface area (Å²) in [6.45, 7) is 0. The summed E-state index contributed by atoms with van der Waals surface area (Å²) < 4.78 is 1.91. The lowest BCUT2D eigenvalue weighted by Crippen LogP contribution is -1.77. The molecule has 3 nitrogen and oxygen atoms in total. The first-order chi connectivity index (χ1) is 6.40. The van der Waals surface area contributed by atoms with Crippen LogP contribution < -0.4 is 0 Å². The van der Waals surface area contributed by atoms with Crippen molar-refractivity contribution in [1.82, 2.24) is 9.38 Å². The molecule has 0 N–H and O–H groups in total. The van der Waals surface area contributed by atoms with E-state index in [9.17, 15) is 4.79 Å². The van der Waals surface area contributed by atoms with Crippen molar-refractivity contribution < 1.29 is 4.79 Å². The Kier molecular flexibility index (Phi) is 1.92. The molecule has 2 rings (SSSR count). The van der Waals surface area contributed by atoms with Gasteiger partial charge in [-0.3, -0.25) is 4.79 Å². The minimum atomic E-state index is 0.740. The summed E-state index contributed by atoms with van der Waals surface area (Å²) >= 11 is 0. The van der Waals surface area contributed by atoms with E-state index in [1.165, 1.54) is 6.08 Å². The first-order valence-corrected chi connectivity index (χ1v) is 3.96. The third kappa shape index (κ3) is 1.49. The molecule has 2 heterocycles. The SMILES string of the molecule is O=C/C=C/c1cn2ccccc2n1. The first-order valence-electron chi connectivity index (χ1n) is 3.96. The Morgan fingerprint density at radius 1 is 1.38 bits per heavy atom. The van der Waals surface area contributed by atoms with Crippen molar-refractivity contribution in [3.05, 3.63) is 42.4 Å². The van der Waals surface area contributed by atoms with Crippen LogP contribution in [0.25, 0.3) is 11.7 Å². The summed E-state index contributed by atoms with van der Waals surface area (Å²) in [5, 5.41) is 0. The molecule has 13 heavy (non-hydrogen) atoms. The summed E-state index contributed by atoms with van der Waals surface area (Å²) in [4.78, 5) is 14.3. The minimum absolute atomic E-state index is 0.740. The highest BCUT2D eigenvalue weighted by atomic mass is 16.1. The fourth-order valence-corrected chi connectivity index (χ4v) is 1.17. The first kappa shape index (κ1) is 7.73. The Morgan fingerprint density at radius 3 is 3.08 bits per heavy atom. The molecule has 0 radical (unpaired) electrons. The highest BCUT2D eigenvalue weighted by Gasteiger charge is 1.95. The Labute approximate surface area is 75.3 Å². The summed E-state index contributed by atoms with van der Waals surface area (Å²) in [7, 11) is 0. The topological polar surface area (TPSA) is 34.4 Å².